The van der Waals surface area contributed by atoms with Gasteiger partial charge in [-0.05, 0) is 6.92 Å². The van der Waals surface area contributed by atoms with E-state index in [0.717, 1.165) is 4.68 Å². The van der Waals surface area contributed by atoms with Crippen molar-refractivity contribution < 1.29 is 9.90 Å². The lowest BCUT2D eigenvalue weighted by Gasteiger charge is -2.03. The van der Waals surface area contributed by atoms with Gasteiger partial charge in [0, 0.05) is 12.4 Å². The van der Waals surface area contributed by atoms with E-state index in [1.165, 1.54) is 10.6 Å². The van der Waals surface area contributed by atoms with Gasteiger partial charge in [0.05, 0.1) is 0 Å². The molecular weight excluding hydrogens is 200 g/mol. The minimum absolute atomic E-state index is 0.184. The van der Waals surface area contributed by atoms with E-state index in [9.17, 15) is 9.59 Å². The number of aromatic nitrogens is 4. The molecule has 7 heteroatoms. The van der Waals surface area contributed by atoms with Crippen molar-refractivity contribution in [1.29, 1.82) is 0 Å². The highest BCUT2D eigenvalue weighted by molar-refractivity contribution is 5.66. The third-order valence-electron chi connectivity index (χ3n) is 1.97. The number of aliphatic carboxylic acids is 1. The Bertz CT molecular complexity index is 583. The third kappa shape index (κ3) is 1.47. The van der Waals surface area contributed by atoms with E-state index in [4.69, 9.17) is 5.11 Å². The van der Waals surface area contributed by atoms with Crippen LogP contribution in [0.15, 0.2) is 17.2 Å². The molecule has 2 aromatic heterocycles. The SMILES string of the molecule is Cc1nn(CC(=O)O)c(=O)c2nccn12. The summed E-state index contributed by atoms with van der Waals surface area (Å²) in [6, 6.07) is 0. The maximum atomic E-state index is 11.6. The lowest BCUT2D eigenvalue weighted by Crippen LogP contribution is -2.29. The average Bonchev–Trinajstić information content (AvgIpc) is 2.61. The highest BCUT2D eigenvalue weighted by Crippen LogP contribution is 1.96. The van der Waals surface area contributed by atoms with Gasteiger partial charge in [-0.1, -0.05) is 0 Å². The summed E-state index contributed by atoms with van der Waals surface area (Å²) in [5.41, 5.74) is -0.322. The molecule has 2 aromatic rings. The maximum absolute atomic E-state index is 11.6. The van der Waals surface area contributed by atoms with Crippen LogP contribution in [-0.2, 0) is 11.3 Å². The molecule has 0 saturated carbocycles. The van der Waals surface area contributed by atoms with Crippen LogP contribution in [0.5, 0.6) is 0 Å². The molecule has 2 rings (SSSR count). The number of hydrogen-bond acceptors (Lipinski definition) is 4. The van der Waals surface area contributed by atoms with E-state index in [2.05, 4.69) is 10.1 Å². The fraction of sp³-hybridized carbons (Fsp3) is 0.250. The van der Waals surface area contributed by atoms with Crippen LogP contribution in [-0.4, -0.2) is 30.2 Å². The number of rotatable bonds is 2. The van der Waals surface area contributed by atoms with Crippen molar-refractivity contribution in [3.05, 3.63) is 28.6 Å². The molecule has 0 unspecified atom stereocenters. The van der Waals surface area contributed by atoms with Crippen LogP contribution >= 0.6 is 0 Å². The Hall–Kier alpha value is -2.18. The van der Waals surface area contributed by atoms with Crippen molar-refractivity contribution in [1.82, 2.24) is 19.2 Å². The summed E-state index contributed by atoms with van der Waals surface area (Å²) in [5, 5.41) is 12.4. The van der Waals surface area contributed by atoms with E-state index in [1.807, 2.05) is 0 Å². The lowest BCUT2D eigenvalue weighted by molar-refractivity contribution is -0.138. The van der Waals surface area contributed by atoms with Crippen LogP contribution in [0.4, 0.5) is 0 Å². The van der Waals surface area contributed by atoms with Gasteiger partial charge in [-0.2, -0.15) is 5.10 Å². The quantitative estimate of drug-likeness (QED) is 0.703. The molecule has 0 amide bonds. The molecule has 0 saturated heterocycles. The Morgan fingerprint density at radius 2 is 2.33 bits per heavy atom. The summed E-state index contributed by atoms with van der Waals surface area (Å²) < 4.78 is 2.40. The van der Waals surface area contributed by atoms with Gasteiger partial charge in [0.1, 0.15) is 12.4 Å². The van der Waals surface area contributed by atoms with Crippen LogP contribution < -0.4 is 5.56 Å². The van der Waals surface area contributed by atoms with Crippen molar-refractivity contribution >= 4 is 11.6 Å². The van der Waals surface area contributed by atoms with Gasteiger partial charge in [-0.25, -0.2) is 9.67 Å². The molecule has 0 aliphatic heterocycles. The molecule has 2 heterocycles. The second-order valence-corrected chi connectivity index (χ2v) is 3.02. The topological polar surface area (TPSA) is 89.5 Å². The largest absolute Gasteiger partial charge is 0.480 e. The summed E-state index contributed by atoms with van der Waals surface area (Å²) in [4.78, 5) is 26.0. The fourth-order valence-corrected chi connectivity index (χ4v) is 1.34. The standard InChI is InChI=1S/C8H8N4O3/c1-5-10-12(4-6(13)14)8(15)7-9-2-3-11(5)7/h2-3H,4H2,1H3,(H,13,14). The van der Waals surface area contributed by atoms with Crippen LogP contribution in [0.2, 0.25) is 0 Å². The van der Waals surface area contributed by atoms with Crippen molar-refractivity contribution in [2.24, 2.45) is 0 Å². The molecule has 0 atom stereocenters. The number of carbonyl (C=O) groups is 1. The van der Waals surface area contributed by atoms with E-state index < -0.39 is 18.1 Å². The summed E-state index contributed by atoms with van der Waals surface area (Å²) in [6.07, 6.45) is 3.07. The fourth-order valence-electron chi connectivity index (χ4n) is 1.34. The van der Waals surface area contributed by atoms with Crippen molar-refractivity contribution in [2.75, 3.05) is 0 Å². The predicted octanol–water partition coefficient (Wildman–Crippen LogP) is -0.716. The van der Waals surface area contributed by atoms with Crippen LogP contribution in [0.1, 0.15) is 5.82 Å². The molecule has 15 heavy (non-hydrogen) atoms. The Morgan fingerprint density at radius 3 is 3.00 bits per heavy atom. The van der Waals surface area contributed by atoms with Gasteiger partial charge in [0.15, 0.2) is 0 Å². The number of carboxylic acids is 1. The number of aryl methyl sites for hydroxylation is 1. The van der Waals surface area contributed by atoms with Gasteiger partial charge in [-0.3, -0.25) is 14.0 Å². The summed E-state index contributed by atoms with van der Waals surface area (Å²) in [6.45, 7) is 1.22. The van der Waals surface area contributed by atoms with E-state index >= 15 is 0 Å². The zero-order chi connectivity index (χ0) is 11.0. The summed E-state index contributed by atoms with van der Waals surface area (Å²) >= 11 is 0. The van der Waals surface area contributed by atoms with Crippen molar-refractivity contribution in [3.63, 3.8) is 0 Å². The highest BCUT2D eigenvalue weighted by Gasteiger charge is 2.10. The first-order valence-corrected chi connectivity index (χ1v) is 4.22. The molecule has 78 valence electrons. The predicted molar refractivity (Wildman–Crippen MR) is 49.6 cm³/mol. The number of nitrogens with zero attached hydrogens (tertiary/aromatic N) is 4. The smallest absolute Gasteiger partial charge is 0.325 e. The molecule has 1 N–H and O–H groups in total. The lowest BCUT2D eigenvalue weighted by atomic mass is 10.6. The van der Waals surface area contributed by atoms with Crippen molar-refractivity contribution in [3.8, 4) is 0 Å². The molecule has 0 bridgehead atoms. The Balaban J connectivity index is 2.71. The first-order chi connectivity index (χ1) is 7.09. The molecule has 0 fully saturated rings. The van der Waals surface area contributed by atoms with Gasteiger partial charge in [0.25, 0.3) is 0 Å². The van der Waals surface area contributed by atoms with Gasteiger partial charge in [-0.15, -0.1) is 0 Å². The summed E-state index contributed by atoms with van der Waals surface area (Å²) in [5.74, 6) is -0.594. The van der Waals surface area contributed by atoms with Crippen LogP contribution in [0.3, 0.4) is 0 Å². The minimum atomic E-state index is -1.11. The third-order valence-corrected chi connectivity index (χ3v) is 1.97. The van der Waals surface area contributed by atoms with Gasteiger partial charge >= 0.3 is 11.5 Å². The number of fused-ring (bicyclic) bond motifs is 1. The first kappa shape index (κ1) is 9.38. The zero-order valence-electron chi connectivity index (χ0n) is 7.91. The van der Waals surface area contributed by atoms with Gasteiger partial charge < -0.3 is 5.11 Å². The molecule has 0 radical (unpaired) electrons. The molecule has 7 nitrogen and oxygen atoms in total. The Kier molecular flexibility index (Phi) is 2.00. The molecular formula is C8H8N4O3. The number of carboxylic acid groups (broad SMARTS) is 1. The molecule has 0 aromatic carbocycles. The molecule has 0 aliphatic rings. The zero-order valence-corrected chi connectivity index (χ0v) is 7.91. The maximum Gasteiger partial charge on any atom is 0.325 e. The van der Waals surface area contributed by atoms with Crippen molar-refractivity contribution in [2.45, 2.75) is 13.5 Å². The van der Waals surface area contributed by atoms with Crippen LogP contribution in [0.25, 0.3) is 5.65 Å². The minimum Gasteiger partial charge on any atom is -0.480 e. The Labute approximate surface area is 83.6 Å². The number of hydrogen-bond donors (Lipinski definition) is 1. The van der Waals surface area contributed by atoms with Gasteiger partial charge in [0.2, 0.25) is 5.65 Å². The second kappa shape index (κ2) is 3.19. The van der Waals surface area contributed by atoms with E-state index in [1.54, 1.807) is 13.1 Å². The molecule has 0 aliphatic carbocycles. The van der Waals surface area contributed by atoms with Crippen LogP contribution in [0, 0.1) is 6.92 Å². The van der Waals surface area contributed by atoms with E-state index in [-0.39, 0.29) is 5.65 Å². The Morgan fingerprint density at radius 1 is 1.60 bits per heavy atom. The van der Waals surface area contributed by atoms with E-state index in [0.29, 0.717) is 5.82 Å². The monoisotopic (exact) mass is 208 g/mol. The first-order valence-electron chi connectivity index (χ1n) is 4.22. The average molecular weight is 208 g/mol. The summed E-state index contributed by atoms with van der Waals surface area (Å²) in [7, 11) is 0. The highest BCUT2D eigenvalue weighted by atomic mass is 16.4. The number of imidazole rings is 1. The molecule has 0 spiro atoms. The normalized spacial score (nSPS) is 10.7. The second-order valence-electron chi connectivity index (χ2n) is 3.02.